The number of nitrogens with one attached hydrogen (secondary N) is 1. The first-order valence-electron chi connectivity index (χ1n) is 13.4. The molecule has 1 saturated heterocycles. The largest absolute Gasteiger partial charge is 0.431 e. The third kappa shape index (κ3) is 8.07. The number of ether oxygens (including phenoxy) is 1. The lowest BCUT2D eigenvalue weighted by molar-refractivity contribution is 0.190. The highest BCUT2D eigenvalue weighted by molar-refractivity contribution is 7.20. The molecule has 1 aromatic heterocycles. The van der Waals surface area contributed by atoms with Crippen LogP contribution in [0.1, 0.15) is 76.7 Å². The lowest BCUT2D eigenvalue weighted by atomic mass is 10.0. The first kappa shape index (κ1) is 25.2. The number of hydrogen-bond acceptors (Lipinski definition) is 5. The minimum Gasteiger partial charge on any atom is -0.431 e. The second-order valence-corrected chi connectivity index (χ2v) is 10.7. The lowest BCUT2D eigenvalue weighted by Crippen LogP contribution is -2.42. The van der Waals surface area contributed by atoms with E-state index in [2.05, 4.69) is 52.5 Å². The third-order valence-electron chi connectivity index (χ3n) is 6.86. The van der Waals surface area contributed by atoms with Gasteiger partial charge in [-0.2, -0.15) is 0 Å². The van der Waals surface area contributed by atoms with Gasteiger partial charge in [0.2, 0.25) is 0 Å². The number of unbranched alkanes of at least 4 members (excludes halogenated alkanes) is 7. The Balaban J connectivity index is 1.10. The van der Waals surface area contributed by atoms with Crippen LogP contribution in [-0.4, -0.2) is 35.6 Å². The van der Waals surface area contributed by atoms with Crippen LogP contribution >= 0.6 is 11.3 Å². The van der Waals surface area contributed by atoms with Crippen LogP contribution in [0, 0.1) is 0 Å². The molecule has 0 atom stereocenters. The van der Waals surface area contributed by atoms with Gasteiger partial charge in [0.15, 0.2) is 0 Å². The molecule has 0 bridgehead atoms. The Labute approximate surface area is 209 Å². The molecule has 2 aromatic carbocycles. The number of thiazole rings is 1. The fourth-order valence-electron chi connectivity index (χ4n) is 4.78. The van der Waals surface area contributed by atoms with Crippen molar-refractivity contribution in [3.8, 4) is 10.9 Å². The van der Waals surface area contributed by atoms with Crippen LogP contribution in [0.2, 0.25) is 0 Å². The van der Waals surface area contributed by atoms with Crippen molar-refractivity contribution >= 4 is 21.6 Å². The fraction of sp³-hybridized carbons (Fsp3) is 0.552. The number of rotatable bonds is 14. The van der Waals surface area contributed by atoms with Gasteiger partial charge in [-0.1, -0.05) is 87.5 Å². The number of para-hydroxylation sites is 1. The number of fused-ring (bicyclic) bond motifs is 1. The Morgan fingerprint density at radius 2 is 1.62 bits per heavy atom. The quantitative estimate of drug-likeness (QED) is 0.240. The third-order valence-corrected chi connectivity index (χ3v) is 7.77. The van der Waals surface area contributed by atoms with Crippen LogP contribution < -0.4 is 10.1 Å². The molecule has 34 heavy (non-hydrogen) atoms. The number of likely N-dealkylation sites (tertiary alicyclic amines) is 1. The zero-order valence-electron chi connectivity index (χ0n) is 20.8. The summed E-state index contributed by atoms with van der Waals surface area (Å²) >= 11 is 1.59. The summed E-state index contributed by atoms with van der Waals surface area (Å²) < 4.78 is 7.15. The zero-order chi connectivity index (χ0) is 23.4. The van der Waals surface area contributed by atoms with E-state index in [0.717, 1.165) is 22.5 Å². The van der Waals surface area contributed by atoms with Gasteiger partial charge >= 0.3 is 0 Å². The second kappa shape index (κ2) is 13.8. The maximum Gasteiger partial charge on any atom is 0.279 e. The zero-order valence-corrected chi connectivity index (χ0v) is 21.6. The average Bonchev–Trinajstić information content (AvgIpc) is 3.27. The highest BCUT2D eigenvalue weighted by atomic mass is 32.1. The molecule has 0 radical (unpaired) electrons. The standard InChI is InChI=1S/C29H41N3OS/c1-2-3-4-5-6-7-8-11-20-30-25-18-21-32(22-19-25)23-24-14-16-26(17-15-24)33-29-31-27-12-9-10-13-28(27)34-29/h9-10,12-17,25,30H,2-8,11,18-23H2,1H3. The normalized spacial score (nSPS) is 15.2. The molecule has 1 aliphatic rings. The number of piperidine rings is 1. The maximum absolute atomic E-state index is 5.99. The minimum absolute atomic E-state index is 0.699. The van der Waals surface area contributed by atoms with Gasteiger partial charge in [-0.05, 0) is 68.7 Å². The molecule has 4 nitrogen and oxygen atoms in total. The number of nitrogens with zero attached hydrogens (tertiary/aromatic N) is 2. The second-order valence-electron chi connectivity index (χ2n) is 9.67. The lowest BCUT2D eigenvalue weighted by Gasteiger charge is -2.32. The van der Waals surface area contributed by atoms with Crippen LogP contribution in [0.5, 0.6) is 10.9 Å². The molecule has 0 unspecified atom stereocenters. The SMILES string of the molecule is CCCCCCCCCCNC1CCN(Cc2ccc(Oc3nc4ccccc4s3)cc2)CC1. The van der Waals surface area contributed by atoms with E-state index in [-0.39, 0.29) is 0 Å². The summed E-state index contributed by atoms with van der Waals surface area (Å²) in [6, 6.07) is 17.4. The van der Waals surface area contributed by atoms with Gasteiger partial charge in [0, 0.05) is 12.6 Å². The Kier molecular flexibility index (Phi) is 10.2. The molecular weight excluding hydrogens is 438 g/mol. The average molecular weight is 480 g/mol. The van der Waals surface area contributed by atoms with Crippen LogP contribution in [0.25, 0.3) is 10.2 Å². The van der Waals surface area contributed by atoms with Gasteiger partial charge in [0.1, 0.15) is 5.75 Å². The highest BCUT2D eigenvalue weighted by Gasteiger charge is 2.18. The number of benzene rings is 2. The van der Waals surface area contributed by atoms with E-state index < -0.39 is 0 Å². The molecule has 0 spiro atoms. The van der Waals surface area contributed by atoms with Gasteiger partial charge in [-0.3, -0.25) is 4.90 Å². The van der Waals surface area contributed by atoms with Crippen molar-refractivity contribution in [1.29, 1.82) is 0 Å². The van der Waals surface area contributed by atoms with Crippen LogP contribution in [0.4, 0.5) is 0 Å². The summed E-state index contributed by atoms with van der Waals surface area (Å²) in [6.45, 7) is 6.86. The summed E-state index contributed by atoms with van der Waals surface area (Å²) in [4.78, 5) is 7.14. The van der Waals surface area contributed by atoms with Crippen molar-refractivity contribution in [3.05, 3.63) is 54.1 Å². The minimum atomic E-state index is 0.699. The van der Waals surface area contributed by atoms with Crippen molar-refractivity contribution < 1.29 is 4.74 Å². The van der Waals surface area contributed by atoms with Crippen molar-refractivity contribution in [2.45, 2.75) is 83.7 Å². The molecule has 4 rings (SSSR count). The van der Waals surface area contributed by atoms with Gasteiger partial charge in [0.05, 0.1) is 10.2 Å². The summed E-state index contributed by atoms with van der Waals surface area (Å²) in [5.74, 6) is 0.853. The smallest absolute Gasteiger partial charge is 0.279 e. The van der Waals surface area contributed by atoms with Crippen LogP contribution in [0.3, 0.4) is 0 Å². The monoisotopic (exact) mass is 479 g/mol. The molecule has 1 fully saturated rings. The first-order chi connectivity index (χ1) is 16.8. The first-order valence-corrected chi connectivity index (χ1v) is 14.2. The van der Waals surface area contributed by atoms with E-state index in [1.54, 1.807) is 11.3 Å². The highest BCUT2D eigenvalue weighted by Crippen LogP contribution is 2.31. The summed E-state index contributed by atoms with van der Waals surface area (Å²) in [5.41, 5.74) is 2.34. The Hall–Kier alpha value is -1.95. The molecule has 184 valence electrons. The van der Waals surface area contributed by atoms with E-state index in [4.69, 9.17) is 4.74 Å². The maximum atomic E-state index is 5.99. The summed E-state index contributed by atoms with van der Waals surface area (Å²) in [7, 11) is 0. The molecule has 5 heteroatoms. The predicted octanol–water partition coefficient (Wildman–Crippen LogP) is 7.78. The number of hydrogen-bond donors (Lipinski definition) is 1. The van der Waals surface area contributed by atoms with Gasteiger partial charge < -0.3 is 10.1 Å². The fourth-order valence-corrected chi connectivity index (χ4v) is 5.61. The molecule has 3 aromatic rings. The van der Waals surface area contributed by atoms with E-state index in [1.807, 2.05) is 18.2 Å². The van der Waals surface area contributed by atoms with Gasteiger partial charge in [0.25, 0.3) is 5.19 Å². The van der Waals surface area contributed by atoms with Gasteiger partial charge in [-0.25, -0.2) is 4.98 Å². The van der Waals surface area contributed by atoms with E-state index >= 15 is 0 Å². The topological polar surface area (TPSA) is 37.4 Å². The predicted molar refractivity (Wildman–Crippen MR) is 145 cm³/mol. The molecule has 1 N–H and O–H groups in total. The Bertz CT molecular complexity index is 930. The van der Waals surface area contributed by atoms with Crippen molar-refractivity contribution in [3.63, 3.8) is 0 Å². The van der Waals surface area contributed by atoms with Crippen LogP contribution in [-0.2, 0) is 6.54 Å². The van der Waals surface area contributed by atoms with Gasteiger partial charge in [-0.15, -0.1) is 0 Å². The Morgan fingerprint density at radius 1 is 0.912 bits per heavy atom. The Morgan fingerprint density at radius 3 is 2.35 bits per heavy atom. The van der Waals surface area contributed by atoms with Crippen molar-refractivity contribution in [1.82, 2.24) is 15.2 Å². The van der Waals surface area contributed by atoms with Crippen molar-refractivity contribution in [2.24, 2.45) is 0 Å². The molecule has 2 heterocycles. The summed E-state index contributed by atoms with van der Waals surface area (Å²) in [5, 5.41) is 4.51. The molecule has 0 aliphatic carbocycles. The van der Waals surface area contributed by atoms with Crippen molar-refractivity contribution in [2.75, 3.05) is 19.6 Å². The van der Waals surface area contributed by atoms with E-state index in [0.29, 0.717) is 11.2 Å². The molecule has 0 amide bonds. The van der Waals surface area contributed by atoms with E-state index in [1.165, 1.54) is 89.4 Å². The molecular formula is C29H41N3OS. The van der Waals surface area contributed by atoms with E-state index in [9.17, 15) is 0 Å². The number of aromatic nitrogens is 1. The molecule has 0 saturated carbocycles. The summed E-state index contributed by atoms with van der Waals surface area (Å²) in [6.07, 6.45) is 13.7. The molecule has 1 aliphatic heterocycles. The van der Waals surface area contributed by atoms with Crippen LogP contribution in [0.15, 0.2) is 48.5 Å².